The van der Waals surface area contributed by atoms with Crippen LogP contribution in [0.1, 0.15) is 97.7 Å². The number of hydrogen-bond donors (Lipinski definition) is 4. The van der Waals surface area contributed by atoms with E-state index in [-0.39, 0.29) is 100 Å². The van der Waals surface area contributed by atoms with E-state index in [1.165, 1.54) is 4.90 Å². The molecule has 1 spiro atoms. The summed E-state index contributed by atoms with van der Waals surface area (Å²) in [5, 5.41) is 19.3. The first kappa shape index (κ1) is 47.4. The van der Waals surface area contributed by atoms with Crippen LogP contribution in [0.3, 0.4) is 0 Å². The first-order chi connectivity index (χ1) is 30.0. The van der Waals surface area contributed by atoms with Crippen molar-refractivity contribution in [2.75, 3.05) is 39.5 Å². The largest absolute Gasteiger partial charge is 0.391 e. The Morgan fingerprint density at radius 1 is 0.984 bits per heavy atom. The van der Waals surface area contributed by atoms with Crippen LogP contribution < -0.4 is 16.0 Å². The Balaban J connectivity index is 0.787. The van der Waals surface area contributed by atoms with Gasteiger partial charge in [0.1, 0.15) is 12.1 Å². The van der Waals surface area contributed by atoms with Gasteiger partial charge in [0.05, 0.1) is 61.1 Å². The lowest BCUT2D eigenvalue weighted by Crippen LogP contribution is -2.70. The molecular formula is C46H67N5O11S. The minimum absolute atomic E-state index is 0.00851. The highest BCUT2D eigenvalue weighted by Crippen LogP contribution is 2.60. The number of rotatable bonds is 17. The average molecular weight is 898 g/mol. The van der Waals surface area contributed by atoms with Gasteiger partial charge in [-0.2, -0.15) is 0 Å². The number of carbonyl (C=O) groups excluding carboxylic acids is 4. The maximum atomic E-state index is 14.0. The van der Waals surface area contributed by atoms with E-state index in [4.69, 9.17) is 28.7 Å². The Morgan fingerprint density at radius 2 is 1.73 bits per heavy atom. The van der Waals surface area contributed by atoms with Crippen molar-refractivity contribution in [1.29, 1.82) is 0 Å². The van der Waals surface area contributed by atoms with Gasteiger partial charge in [-0.15, -0.1) is 11.3 Å². The summed E-state index contributed by atoms with van der Waals surface area (Å²) < 4.78 is 24.3. The standard InChI is InChI=1S/C46H67N5O11S/c1-27-8-13-34-28(2)36(59-43-46(34)33(27)14-16-45(7,60-43)61-62-46)23-38(54)47-17-19-58-21-20-57-18-15-37(53)50-40(44(4,5)6)42(56)51-25-32(52)22-35(51)41(55)48-24-30-9-11-31(12-10-30)39-29(3)49-26-63-39/h9-12,26-28,32-36,40,43,52H,8,13-25H2,1-7H3,(H,47,54)(H,48,55)(H,50,53). The zero-order valence-electron chi connectivity index (χ0n) is 37.8. The molecule has 0 radical (unpaired) electrons. The summed E-state index contributed by atoms with van der Waals surface area (Å²) in [7, 11) is 0. The zero-order chi connectivity index (χ0) is 45.1. The van der Waals surface area contributed by atoms with Crippen LogP contribution in [0.25, 0.3) is 10.4 Å². The van der Waals surface area contributed by atoms with Crippen molar-refractivity contribution in [2.45, 2.75) is 142 Å². The third-order valence-corrected chi connectivity index (χ3v) is 14.8. The molecule has 5 aliphatic heterocycles. The number of amides is 4. The molecule has 1 aromatic heterocycles. The molecule has 348 valence electrons. The number of nitrogens with one attached hydrogen (secondary N) is 3. The van der Waals surface area contributed by atoms with Crippen LogP contribution in [-0.2, 0) is 54.4 Å². The highest BCUT2D eigenvalue weighted by atomic mass is 32.1. The Bertz CT molecular complexity index is 1930. The molecule has 6 heterocycles. The van der Waals surface area contributed by atoms with Crippen molar-refractivity contribution in [3.63, 3.8) is 0 Å². The van der Waals surface area contributed by atoms with Crippen molar-refractivity contribution in [3.05, 3.63) is 41.0 Å². The number of β-amino-alcohol motifs (C(OH)–C–C–N with tert-alkyl or cyclic N) is 1. The Kier molecular flexibility index (Phi) is 15.0. The zero-order valence-corrected chi connectivity index (χ0v) is 38.6. The number of thiazole rings is 1. The molecule has 17 heteroatoms. The second-order valence-electron chi connectivity index (χ2n) is 19.4. The van der Waals surface area contributed by atoms with E-state index in [1.54, 1.807) is 11.3 Å². The first-order valence-corrected chi connectivity index (χ1v) is 23.5. The minimum Gasteiger partial charge on any atom is -0.391 e. The highest BCUT2D eigenvalue weighted by molar-refractivity contribution is 7.13. The van der Waals surface area contributed by atoms with Crippen LogP contribution in [0.2, 0.25) is 0 Å². The lowest BCUT2D eigenvalue weighted by molar-refractivity contribution is -0.570. The predicted octanol–water partition coefficient (Wildman–Crippen LogP) is 4.41. The van der Waals surface area contributed by atoms with Gasteiger partial charge in [-0.1, -0.05) is 58.9 Å². The van der Waals surface area contributed by atoms with Crippen LogP contribution >= 0.6 is 11.3 Å². The SMILES string of the molecule is Cc1ncsc1-c1ccc(CNC(=O)C2CC(O)CN2C(=O)C(NC(=O)CCOCCOCCNC(=O)CC2OC3OC4(C)CCC5C(C)CCC(C2C)C35OO4)C(C)(C)C)cc1. The molecule has 4 amide bonds. The summed E-state index contributed by atoms with van der Waals surface area (Å²) in [6.07, 6.45) is 2.32. The summed E-state index contributed by atoms with van der Waals surface area (Å²) in [4.78, 5) is 72.4. The van der Waals surface area contributed by atoms with Gasteiger partial charge in [-0.25, -0.2) is 14.8 Å². The topological polar surface area (TPSA) is 196 Å². The number of aliphatic hydroxyl groups is 1. The van der Waals surface area contributed by atoms with Gasteiger partial charge in [0.25, 0.3) is 0 Å². The van der Waals surface area contributed by atoms with Crippen molar-refractivity contribution in [1.82, 2.24) is 25.8 Å². The Labute approximate surface area is 374 Å². The van der Waals surface area contributed by atoms with Gasteiger partial charge in [0.2, 0.25) is 29.4 Å². The van der Waals surface area contributed by atoms with E-state index < -0.39 is 47.2 Å². The van der Waals surface area contributed by atoms with Gasteiger partial charge < -0.3 is 44.9 Å². The Hall–Kier alpha value is -3.55. The molecule has 11 unspecified atom stereocenters. The van der Waals surface area contributed by atoms with Crippen molar-refractivity contribution >= 4 is 35.0 Å². The second-order valence-corrected chi connectivity index (χ2v) is 20.3. The van der Waals surface area contributed by atoms with E-state index in [9.17, 15) is 24.3 Å². The van der Waals surface area contributed by atoms with E-state index in [0.29, 0.717) is 12.5 Å². The molecule has 6 aliphatic rings. The van der Waals surface area contributed by atoms with Crippen molar-refractivity contribution in [3.8, 4) is 10.4 Å². The maximum Gasteiger partial charge on any atom is 0.246 e. The van der Waals surface area contributed by atoms with Gasteiger partial charge in [0, 0.05) is 44.8 Å². The van der Waals surface area contributed by atoms with E-state index >= 15 is 0 Å². The van der Waals surface area contributed by atoms with Gasteiger partial charge in [-0.05, 0) is 67.4 Å². The lowest BCUT2D eigenvalue weighted by Gasteiger charge is -2.60. The minimum atomic E-state index is -0.938. The molecule has 2 bridgehead atoms. The molecule has 11 atom stereocenters. The fourth-order valence-electron chi connectivity index (χ4n) is 10.2. The number of likely N-dealkylation sites (tertiary alicyclic amines) is 1. The molecule has 1 aliphatic carbocycles. The molecule has 4 N–H and O–H groups in total. The fourth-order valence-corrected chi connectivity index (χ4v) is 11.0. The molecule has 8 rings (SSSR count). The quantitative estimate of drug-likeness (QED) is 0.129. The fraction of sp³-hybridized carbons (Fsp3) is 0.717. The summed E-state index contributed by atoms with van der Waals surface area (Å²) in [6.45, 7) is 15.3. The summed E-state index contributed by atoms with van der Waals surface area (Å²) in [5.41, 5.74) is 3.39. The summed E-state index contributed by atoms with van der Waals surface area (Å²) in [6, 6.07) is 6.06. The molecule has 2 aromatic rings. The monoisotopic (exact) mass is 897 g/mol. The number of nitrogens with zero attached hydrogens (tertiary/aromatic N) is 2. The lowest BCUT2D eigenvalue weighted by atomic mass is 9.57. The number of aryl methyl sites for hydroxylation is 1. The third kappa shape index (κ3) is 10.6. The van der Waals surface area contributed by atoms with Crippen LogP contribution in [0.15, 0.2) is 29.8 Å². The van der Waals surface area contributed by atoms with Crippen LogP contribution in [0, 0.1) is 36.0 Å². The third-order valence-electron chi connectivity index (χ3n) is 13.8. The first-order valence-electron chi connectivity index (χ1n) is 22.7. The van der Waals surface area contributed by atoms with Crippen LogP contribution in [-0.4, -0.2) is 120 Å². The molecule has 63 heavy (non-hydrogen) atoms. The summed E-state index contributed by atoms with van der Waals surface area (Å²) >= 11 is 1.57. The molecule has 1 aromatic carbocycles. The number of ether oxygens (including phenoxy) is 4. The van der Waals surface area contributed by atoms with E-state index in [0.717, 1.165) is 47.4 Å². The highest BCUT2D eigenvalue weighted by Gasteiger charge is 2.69. The average Bonchev–Trinajstić information content (AvgIpc) is 3.78. The van der Waals surface area contributed by atoms with Crippen LogP contribution in [0.4, 0.5) is 0 Å². The smallest absolute Gasteiger partial charge is 0.246 e. The molecular weight excluding hydrogens is 831 g/mol. The van der Waals surface area contributed by atoms with Gasteiger partial charge >= 0.3 is 0 Å². The maximum absolute atomic E-state index is 14.0. The second kappa shape index (κ2) is 19.9. The number of hydrogen-bond acceptors (Lipinski definition) is 13. The molecule has 5 saturated heterocycles. The van der Waals surface area contributed by atoms with Crippen LogP contribution in [0.5, 0.6) is 0 Å². The van der Waals surface area contributed by atoms with Gasteiger partial charge in [0.15, 0.2) is 11.9 Å². The predicted molar refractivity (Wildman–Crippen MR) is 232 cm³/mol. The van der Waals surface area contributed by atoms with E-state index in [2.05, 4.69) is 34.8 Å². The number of fused-ring (bicyclic) bond motifs is 2. The van der Waals surface area contributed by atoms with E-state index in [1.807, 2.05) is 64.4 Å². The normalized spacial score (nSPS) is 31.8. The number of benzene rings is 1. The van der Waals surface area contributed by atoms with Crippen molar-refractivity contribution in [2.24, 2.45) is 29.1 Å². The number of carbonyl (C=O) groups is 4. The molecule has 16 nitrogen and oxygen atoms in total. The van der Waals surface area contributed by atoms with Crippen molar-refractivity contribution < 1.29 is 53.0 Å². The van der Waals surface area contributed by atoms with Gasteiger partial charge in [-0.3, -0.25) is 19.2 Å². The number of aliphatic hydroxyl groups excluding tert-OH is 1. The molecule has 1 saturated carbocycles. The Morgan fingerprint density at radius 3 is 2.44 bits per heavy atom. The number of aromatic nitrogens is 1. The summed E-state index contributed by atoms with van der Waals surface area (Å²) in [5.74, 6) is -1.17. The molecule has 6 fully saturated rings.